The van der Waals surface area contributed by atoms with Crippen molar-refractivity contribution >= 4 is 28.9 Å². The van der Waals surface area contributed by atoms with Gasteiger partial charge in [0, 0.05) is 81.1 Å². The second kappa shape index (κ2) is 12.9. The van der Waals surface area contributed by atoms with Crippen LogP contribution in [0.2, 0.25) is 0 Å². The van der Waals surface area contributed by atoms with E-state index in [9.17, 15) is 14.7 Å². The van der Waals surface area contributed by atoms with Crippen LogP contribution in [0, 0.1) is 0 Å². The summed E-state index contributed by atoms with van der Waals surface area (Å²) in [6.07, 6.45) is 11.2. The zero-order chi connectivity index (χ0) is 33.6. The van der Waals surface area contributed by atoms with Gasteiger partial charge < -0.3 is 29.2 Å². The number of aliphatic hydroxyl groups is 1. The first-order chi connectivity index (χ1) is 23.9. The topological polar surface area (TPSA) is 121 Å². The van der Waals surface area contributed by atoms with Crippen LogP contribution in [0.25, 0.3) is 11.1 Å². The van der Waals surface area contributed by atoms with Crippen LogP contribution in [-0.2, 0) is 37.8 Å². The van der Waals surface area contributed by atoms with Crippen LogP contribution in [-0.4, -0.2) is 86.5 Å². The van der Waals surface area contributed by atoms with Gasteiger partial charge in [0.05, 0.1) is 49.4 Å². The number of hydrogen-bond donors (Lipinski definition) is 2. The number of pyridine rings is 3. The van der Waals surface area contributed by atoms with Crippen molar-refractivity contribution < 1.29 is 14.6 Å². The van der Waals surface area contributed by atoms with Crippen LogP contribution in [0.15, 0.2) is 66.4 Å². The maximum Gasteiger partial charge on any atom is 0.274 e. The minimum Gasteiger partial charge on any atom is -0.392 e. The Kier molecular flexibility index (Phi) is 8.30. The molecule has 0 bridgehead atoms. The van der Waals surface area contributed by atoms with E-state index in [-0.39, 0.29) is 24.1 Å². The largest absolute Gasteiger partial charge is 0.392 e. The standard InChI is InChI=1S/C37H42N8O4/c1-3-25-20-42(28-22-49-23-28)14-15-43(25)27-7-8-34(39-18-27)40-32-16-24(19-41(2)37(32)48)29-9-11-38-35(31(29)21-46)45-13-10-33-30(36(45)47)17-26-6-4-5-12-44(26)33/h3,7-9,11,16-19,25,28,46H,1,4-6,10,12-15,20-23H2,2H3,(H,39,40). The van der Waals surface area contributed by atoms with Crippen LogP contribution < -0.4 is 20.7 Å². The highest BCUT2D eigenvalue weighted by molar-refractivity contribution is 6.08. The third-order valence-corrected chi connectivity index (χ3v) is 10.5. The highest BCUT2D eigenvalue weighted by Gasteiger charge is 2.34. The normalized spacial score (nSPS) is 19.7. The number of anilines is 4. The van der Waals surface area contributed by atoms with Gasteiger partial charge in [-0.1, -0.05) is 6.08 Å². The Morgan fingerprint density at radius 3 is 2.67 bits per heavy atom. The molecule has 0 radical (unpaired) electrons. The molecule has 2 saturated heterocycles. The van der Waals surface area contributed by atoms with Crippen LogP contribution in [0.4, 0.5) is 23.0 Å². The minimum atomic E-state index is -0.315. The molecule has 8 heterocycles. The summed E-state index contributed by atoms with van der Waals surface area (Å²) in [4.78, 5) is 42.9. The lowest BCUT2D eigenvalue weighted by atomic mass is 10.0. The number of ether oxygens (including phenoxy) is 1. The van der Waals surface area contributed by atoms with E-state index in [1.165, 1.54) is 10.3 Å². The van der Waals surface area contributed by atoms with Gasteiger partial charge in [0.15, 0.2) is 0 Å². The van der Waals surface area contributed by atoms with Crippen LogP contribution in [0.3, 0.4) is 0 Å². The number of aromatic nitrogens is 4. The number of fused-ring (bicyclic) bond motifs is 3. The smallest absolute Gasteiger partial charge is 0.274 e. The Bertz CT molecular complexity index is 1960. The maximum atomic E-state index is 13.8. The van der Waals surface area contributed by atoms with Gasteiger partial charge in [0.1, 0.15) is 17.3 Å². The molecule has 12 heteroatoms. The molecule has 1 atom stereocenters. The Labute approximate surface area is 285 Å². The molecular formula is C37H42N8O4. The molecule has 8 rings (SSSR count). The summed E-state index contributed by atoms with van der Waals surface area (Å²) in [6.45, 7) is 9.52. The molecule has 0 aromatic carbocycles. The third kappa shape index (κ3) is 5.63. The van der Waals surface area contributed by atoms with E-state index in [1.54, 1.807) is 30.4 Å². The minimum absolute atomic E-state index is 0.0888. The molecule has 2 N–H and O–H groups in total. The predicted molar refractivity (Wildman–Crippen MR) is 189 cm³/mol. The van der Waals surface area contributed by atoms with E-state index < -0.39 is 0 Å². The van der Waals surface area contributed by atoms with Gasteiger partial charge in [-0.15, -0.1) is 6.58 Å². The Morgan fingerprint density at radius 2 is 1.92 bits per heavy atom. The quantitative estimate of drug-likeness (QED) is 0.273. The number of nitrogens with zero attached hydrogens (tertiary/aromatic N) is 7. The summed E-state index contributed by atoms with van der Waals surface area (Å²) in [6, 6.07) is 10.2. The van der Waals surface area contributed by atoms with Crippen molar-refractivity contribution in [3.8, 4) is 11.1 Å². The zero-order valence-corrected chi connectivity index (χ0v) is 27.8. The lowest BCUT2D eigenvalue weighted by Gasteiger charge is -2.46. The fourth-order valence-corrected chi connectivity index (χ4v) is 7.81. The number of aryl methyl sites for hydroxylation is 2. The van der Waals surface area contributed by atoms with Gasteiger partial charge in [-0.2, -0.15) is 0 Å². The molecule has 49 heavy (non-hydrogen) atoms. The summed E-state index contributed by atoms with van der Waals surface area (Å²) in [5.74, 6) is 0.899. The lowest BCUT2D eigenvalue weighted by Crippen LogP contribution is -2.60. The molecule has 1 unspecified atom stereocenters. The van der Waals surface area contributed by atoms with Crippen LogP contribution in [0.5, 0.6) is 0 Å². The van der Waals surface area contributed by atoms with E-state index in [0.29, 0.717) is 46.6 Å². The maximum absolute atomic E-state index is 13.8. The fourth-order valence-electron chi connectivity index (χ4n) is 7.81. The first kappa shape index (κ1) is 31.5. The third-order valence-electron chi connectivity index (χ3n) is 10.5. The average Bonchev–Trinajstić information content (AvgIpc) is 3.49. The van der Waals surface area contributed by atoms with Crippen molar-refractivity contribution in [1.82, 2.24) is 24.0 Å². The van der Waals surface area contributed by atoms with Crippen molar-refractivity contribution in [3.05, 3.63) is 94.4 Å². The molecule has 0 aliphatic carbocycles. The van der Waals surface area contributed by atoms with Crippen LogP contribution in [0.1, 0.15) is 40.2 Å². The van der Waals surface area contributed by atoms with Gasteiger partial charge in [-0.3, -0.25) is 19.4 Å². The van der Waals surface area contributed by atoms with Gasteiger partial charge >= 0.3 is 0 Å². The molecule has 0 spiro atoms. The summed E-state index contributed by atoms with van der Waals surface area (Å²) in [5, 5.41) is 13.9. The van der Waals surface area contributed by atoms with Crippen molar-refractivity contribution in [2.45, 2.75) is 50.9 Å². The van der Waals surface area contributed by atoms with E-state index in [0.717, 1.165) is 82.0 Å². The SMILES string of the molecule is C=CC1CN(C2COC2)CCN1c1ccc(Nc2cc(-c3ccnc(N4CCc5c(cc6n5CCCC6)C4=O)c3CO)cn(C)c2=O)nc1. The van der Waals surface area contributed by atoms with E-state index in [2.05, 4.69) is 36.2 Å². The molecule has 12 nitrogen and oxygen atoms in total. The molecule has 1 amide bonds. The number of piperazine rings is 1. The van der Waals surface area contributed by atoms with Gasteiger partial charge in [-0.25, -0.2) is 9.97 Å². The van der Waals surface area contributed by atoms with E-state index >= 15 is 0 Å². The summed E-state index contributed by atoms with van der Waals surface area (Å²) in [7, 11) is 1.70. The van der Waals surface area contributed by atoms with Gasteiger partial charge in [0.2, 0.25) is 0 Å². The molecule has 0 saturated carbocycles. The number of hydrogen-bond acceptors (Lipinski definition) is 9. The lowest BCUT2D eigenvalue weighted by molar-refractivity contribution is -0.0682. The fraction of sp³-hybridized carbons (Fsp3) is 0.405. The van der Waals surface area contributed by atoms with Gasteiger partial charge in [-0.05, 0) is 55.2 Å². The Morgan fingerprint density at radius 1 is 1.04 bits per heavy atom. The van der Waals surface area contributed by atoms with Crippen molar-refractivity contribution in [1.29, 1.82) is 0 Å². The average molecular weight is 663 g/mol. The molecule has 254 valence electrons. The van der Waals surface area contributed by atoms with E-state index in [1.807, 2.05) is 36.5 Å². The first-order valence-electron chi connectivity index (χ1n) is 17.2. The first-order valence-corrected chi connectivity index (χ1v) is 17.2. The Balaban J connectivity index is 1.04. The summed E-state index contributed by atoms with van der Waals surface area (Å²) >= 11 is 0. The number of carbonyl (C=O) groups is 1. The van der Waals surface area contributed by atoms with Gasteiger partial charge in [0.25, 0.3) is 11.5 Å². The van der Waals surface area contributed by atoms with Crippen molar-refractivity contribution in [2.75, 3.05) is 54.5 Å². The summed E-state index contributed by atoms with van der Waals surface area (Å²) < 4.78 is 9.23. The number of rotatable bonds is 8. The van der Waals surface area contributed by atoms with Crippen molar-refractivity contribution in [2.24, 2.45) is 7.05 Å². The molecular weight excluding hydrogens is 620 g/mol. The van der Waals surface area contributed by atoms with Crippen LogP contribution >= 0.6 is 0 Å². The molecule has 4 aliphatic heterocycles. The molecule has 4 aromatic rings. The zero-order valence-electron chi connectivity index (χ0n) is 27.8. The number of amides is 1. The second-order valence-corrected chi connectivity index (χ2v) is 13.4. The molecule has 4 aliphatic rings. The predicted octanol–water partition coefficient (Wildman–Crippen LogP) is 3.49. The highest BCUT2D eigenvalue weighted by Crippen LogP contribution is 2.35. The number of carbonyl (C=O) groups excluding carboxylic acids is 1. The number of nitrogens with one attached hydrogen (secondary N) is 1. The molecule has 4 aromatic heterocycles. The summed E-state index contributed by atoms with van der Waals surface area (Å²) in [5.41, 5.74) is 6.15. The van der Waals surface area contributed by atoms with E-state index in [4.69, 9.17) is 4.74 Å². The molecule has 2 fully saturated rings. The monoisotopic (exact) mass is 662 g/mol. The number of aliphatic hydroxyl groups excluding tert-OH is 1. The van der Waals surface area contributed by atoms with Crippen molar-refractivity contribution in [3.63, 3.8) is 0 Å². The second-order valence-electron chi connectivity index (χ2n) is 13.4. The highest BCUT2D eigenvalue weighted by atomic mass is 16.5. The Hall–Kier alpha value is -4.78.